The number of carbonyl (C=O) groups excluding carboxylic acids is 3. The van der Waals surface area contributed by atoms with E-state index < -0.39 is 11.8 Å². The number of nitrogens with one attached hydrogen (secondary N) is 2. The lowest BCUT2D eigenvalue weighted by Gasteiger charge is -2.15. The maximum Gasteiger partial charge on any atom is 0.258 e. The molecule has 2 aromatic heterocycles. The van der Waals surface area contributed by atoms with Crippen molar-refractivity contribution < 1.29 is 18.8 Å². The van der Waals surface area contributed by atoms with Gasteiger partial charge in [0.15, 0.2) is 0 Å². The van der Waals surface area contributed by atoms with Crippen LogP contribution in [0.3, 0.4) is 0 Å². The maximum atomic E-state index is 12.1. The molecule has 2 amide bonds. The number of furan rings is 1. The Kier molecular flexibility index (Phi) is 4.23. The molecular weight excluding hydrogens is 360 g/mol. The molecule has 4 rings (SSSR count). The van der Waals surface area contributed by atoms with Crippen molar-refractivity contribution in [3.8, 4) is 0 Å². The molecular formula is C20H14N4O4. The molecule has 3 aromatic rings. The van der Waals surface area contributed by atoms with Gasteiger partial charge in [-0.15, -0.1) is 0 Å². The van der Waals surface area contributed by atoms with Gasteiger partial charge in [-0.25, -0.2) is 9.78 Å². The number of aromatic nitrogens is 2. The van der Waals surface area contributed by atoms with Crippen LogP contribution in [-0.2, 0) is 4.79 Å². The van der Waals surface area contributed by atoms with E-state index >= 15 is 0 Å². The van der Waals surface area contributed by atoms with Gasteiger partial charge in [0.1, 0.15) is 18.0 Å². The molecule has 8 nitrogen and oxygen atoms in total. The van der Waals surface area contributed by atoms with Gasteiger partial charge in [-0.1, -0.05) is 6.08 Å². The van der Waals surface area contributed by atoms with E-state index in [2.05, 4.69) is 15.3 Å². The first-order valence-corrected chi connectivity index (χ1v) is 8.33. The van der Waals surface area contributed by atoms with Crippen LogP contribution >= 0.6 is 0 Å². The lowest BCUT2D eigenvalue weighted by molar-refractivity contribution is 0.0964. The largest absolute Gasteiger partial charge is 0.472 e. The summed E-state index contributed by atoms with van der Waals surface area (Å²) in [6, 6.07) is 6.42. The average Bonchev–Trinajstić information content (AvgIpc) is 3.36. The third-order valence-electron chi connectivity index (χ3n) is 4.35. The third-order valence-corrected chi connectivity index (χ3v) is 4.35. The first-order valence-electron chi connectivity index (χ1n) is 8.33. The molecule has 1 atom stereocenters. The van der Waals surface area contributed by atoms with Crippen LogP contribution in [0.4, 0.5) is 0 Å². The Hall–Kier alpha value is -4.16. The first kappa shape index (κ1) is 17.3. The number of rotatable bonds is 4. The van der Waals surface area contributed by atoms with Crippen molar-refractivity contribution in [2.45, 2.75) is 5.92 Å². The van der Waals surface area contributed by atoms with E-state index in [9.17, 15) is 14.4 Å². The Morgan fingerprint density at radius 3 is 2.82 bits per heavy atom. The molecule has 8 heteroatoms. The normalized spacial score (nSPS) is 15.9. The van der Waals surface area contributed by atoms with E-state index in [0.29, 0.717) is 39.3 Å². The number of aromatic amines is 1. The van der Waals surface area contributed by atoms with Gasteiger partial charge in [-0.05, 0) is 36.4 Å². The molecule has 138 valence electrons. The summed E-state index contributed by atoms with van der Waals surface area (Å²) in [6.45, 7) is 0. The van der Waals surface area contributed by atoms with E-state index in [-0.39, 0.29) is 5.91 Å². The Morgan fingerprint density at radius 1 is 1.25 bits per heavy atom. The maximum absolute atomic E-state index is 12.1. The van der Waals surface area contributed by atoms with Gasteiger partial charge >= 0.3 is 0 Å². The van der Waals surface area contributed by atoms with Gasteiger partial charge in [0.05, 0.1) is 34.4 Å². The van der Waals surface area contributed by atoms with Crippen LogP contribution < -0.4 is 11.1 Å². The predicted octanol–water partition coefficient (Wildman–Crippen LogP) is 1.98. The summed E-state index contributed by atoms with van der Waals surface area (Å²) in [7, 11) is 0. The van der Waals surface area contributed by atoms with E-state index in [1.165, 1.54) is 24.7 Å². The molecule has 0 radical (unpaired) electrons. The quantitative estimate of drug-likeness (QED) is 0.601. The van der Waals surface area contributed by atoms with Crippen molar-refractivity contribution in [3.63, 3.8) is 0 Å². The predicted molar refractivity (Wildman–Crippen MR) is 100.0 cm³/mol. The minimum Gasteiger partial charge on any atom is -0.472 e. The van der Waals surface area contributed by atoms with E-state index in [1.807, 2.05) is 5.94 Å². The van der Waals surface area contributed by atoms with Crippen LogP contribution in [-0.4, -0.2) is 27.7 Å². The van der Waals surface area contributed by atoms with Gasteiger partial charge < -0.3 is 20.5 Å². The third kappa shape index (κ3) is 3.15. The molecule has 0 aliphatic heterocycles. The van der Waals surface area contributed by atoms with Crippen LogP contribution in [0.15, 0.2) is 70.7 Å². The Balaban J connectivity index is 1.60. The van der Waals surface area contributed by atoms with Gasteiger partial charge in [-0.2, -0.15) is 0 Å². The summed E-state index contributed by atoms with van der Waals surface area (Å²) in [4.78, 5) is 42.5. The van der Waals surface area contributed by atoms with Crippen LogP contribution in [0.25, 0.3) is 11.0 Å². The van der Waals surface area contributed by atoms with Crippen molar-refractivity contribution in [2.24, 2.45) is 5.73 Å². The van der Waals surface area contributed by atoms with Crippen LogP contribution in [0.1, 0.15) is 32.5 Å². The van der Waals surface area contributed by atoms with Crippen molar-refractivity contribution in [1.82, 2.24) is 15.3 Å². The minimum atomic E-state index is -0.537. The van der Waals surface area contributed by atoms with Crippen LogP contribution in [0.5, 0.6) is 0 Å². The number of H-pyrrole nitrogens is 1. The monoisotopic (exact) mass is 374 g/mol. The van der Waals surface area contributed by atoms with Crippen molar-refractivity contribution in [1.29, 1.82) is 0 Å². The van der Waals surface area contributed by atoms with Gasteiger partial charge in [0, 0.05) is 11.3 Å². The summed E-state index contributed by atoms with van der Waals surface area (Å²) in [5.41, 5.74) is 8.06. The fraction of sp³-hybridized carbons (Fsp3) is 0.0500. The molecule has 0 spiro atoms. The van der Waals surface area contributed by atoms with Crippen LogP contribution in [0, 0.1) is 0 Å². The Morgan fingerprint density at radius 2 is 2.11 bits per heavy atom. The molecule has 1 aliphatic carbocycles. The Labute approximate surface area is 158 Å². The number of allylic oxidation sites excluding steroid dienone is 4. The molecule has 1 aliphatic rings. The zero-order chi connectivity index (χ0) is 19.7. The molecule has 0 saturated carbocycles. The number of benzene rings is 1. The minimum absolute atomic E-state index is 0.305. The smallest absolute Gasteiger partial charge is 0.258 e. The molecule has 2 heterocycles. The van der Waals surface area contributed by atoms with Gasteiger partial charge in [0.25, 0.3) is 5.91 Å². The summed E-state index contributed by atoms with van der Waals surface area (Å²) in [5, 5.41) is 2.70. The molecule has 28 heavy (non-hydrogen) atoms. The highest BCUT2D eigenvalue weighted by molar-refractivity contribution is 5.96. The number of nitrogens with two attached hydrogens (primary N) is 1. The molecule has 1 unspecified atom stereocenters. The molecule has 0 fully saturated rings. The topological polar surface area (TPSA) is 131 Å². The summed E-state index contributed by atoms with van der Waals surface area (Å²) >= 11 is 0. The lowest BCUT2D eigenvalue weighted by atomic mass is 9.93. The lowest BCUT2D eigenvalue weighted by Crippen LogP contribution is -2.23. The highest BCUT2D eigenvalue weighted by Gasteiger charge is 2.22. The summed E-state index contributed by atoms with van der Waals surface area (Å²) < 4.78 is 4.89. The summed E-state index contributed by atoms with van der Waals surface area (Å²) in [5.74, 6) is 1.07. The second kappa shape index (κ2) is 6.86. The second-order valence-electron chi connectivity index (χ2n) is 6.18. The number of hydrogen-bond acceptors (Lipinski definition) is 5. The zero-order valence-corrected chi connectivity index (χ0v) is 14.4. The van der Waals surface area contributed by atoms with E-state index in [1.54, 1.807) is 30.4 Å². The number of hydrogen-bond donors (Lipinski definition) is 3. The Bertz CT molecular complexity index is 1190. The number of imidazole rings is 1. The first-order chi connectivity index (χ1) is 13.5. The van der Waals surface area contributed by atoms with Gasteiger partial charge in [0.2, 0.25) is 5.91 Å². The second-order valence-corrected chi connectivity index (χ2v) is 6.18. The molecule has 4 N–H and O–H groups in total. The standard InChI is InChI=1S/C20H14N4O4/c21-18(26)11-1-4-16-17(8-11)24-19(23-16)15-3-2-14(7-13(15)9-25)22-20(27)12-5-6-28-10-12/h1-8,10,15H,(H2,21,26)(H,22,27)(H,23,24). The highest BCUT2D eigenvalue weighted by atomic mass is 16.3. The van der Waals surface area contributed by atoms with Crippen molar-refractivity contribution >= 4 is 28.8 Å². The van der Waals surface area contributed by atoms with Crippen molar-refractivity contribution in [2.75, 3.05) is 0 Å². The van der Waals surface area contributed by atoms with E-state index in [4.69, 9.17) is 10.2 Å². The number of fused-ring (bicyclic) bond motifs is 1. The molecule has 1 aromatic carbocycles. The fourth-order valence-electron chi connectivity index (χ4n) is 2.94. The fourth-order valence-corrected chi connectivity index (χ4v) is 2.94. The SMILES string of the molecule is NC(=O)c1ccc2nc(C3C=CC(NC(=O)c4ccoc4)=CC3=C=O)[nH]c2c1. The van der Waals surface area contributed by atoms with Gasteiger partial charge in [-0.3, -0.25) is 9.59 Å². The van der Waals surface area contributed by atoms with E-state index in [0.717, 1.165) is 0 Å². The number of primary amides is 1. The number of carbonyl (C=O) groups is 2. The van der Waals surface area contributed by atoms with Crippen LogP contribution in [0.2, 0.25) is 0 Å². The zero-order valence-electron chi connectivity index (χ0n) is 14.4. The average molecular weight is 374 g/mol. The number of nitrogens with zero attached hydrogens (tertiary/aromatic N) is 1. The molecule has 0 saturated heterocycles. The highest BCUT2D eigenvalue weighted by Crippen LogP contribution is 2.29. The number of amides is 2. The molecule has 0 bridgehead atoms. The van der Waals surface area contributed by atoms with Crippen molar-refractivity contribution in [3.05, 3.63) is 83.2 Å². The summed E-state index contributed by atoms with van der Waals surface area (Å²) in [6.07, 6.45) is 7.69.